The van der Waals surface area contributed by atoms with Crippen LogP contribution in [0.1, 0.15) is 96.8 Å². The van der Waals surface area contributed by atoms with Gasteiger partial charge in [0.05, 0.1) is 0 Å². The second-order valence-electron chi connectivity index (χ2n) is 5.93. The van der Waals surface area contributed by atoms with Gasteiger partial charge in [0.25, 0.3) is 0 Å². The van der Waals surface area contributed by atoms with Crippen LogP contribution in [0.2, 0.25) is 0 Å². The Morgan fingerprint density at radius 2 is 1.18 bits per heavy atom. The molecule has 0 aromatic rings. The first-order chi connectivity index (χ1) is 10.6. The van der Waals surface area contributed by atoms with Crippen LogP contribution < -0.4 is 0 Å². The average Bonchev–Trinajstić information content (AvgIpc) is 2.45. The highest BCUT2D eigenvalue weighted by Gasteiger charge is 1.98. The molecule has 0 saturated heterocycles. The summed E-state index contributed by atoms with van der Waals surface area (Å²) in [6.07, 6.45) is 20.5. The number of rotatable bonds is 16. The first-order valence-electron chi connectivity index (χ1n) is 8.87. The van der Waals surface area contributed by atoms with Gasteiger partial charge in [-0.3, -0.25) is 4.55 Å². The molecule has 0 aromatic carbocycles. The molecule has 0 fully saturated rings. The predicted molar refractivity (Wildman–Crippen MR) is 92.1 cm³/mol. The molecule has 0 aromatic heterocycles. The molecule has 0 radical (unpaired) electrons. The van der Waals surface area contributed by atoms with Gasteiger partial charge in [-0.25, -0.2) is 0 Å². The Balaban J connectivity index is 3.11. The van der Waals surface area contributed by atoms with Gasteiger partial charge in [-0.1, -0.05) is 84.0 Å². The van der Waals surface area contributed by atoms with Crippen LogP contribution in [0.3, 0.4) is 0 Å². The summed E-state index contributed by atoms with van der Waals surface area (Å²) in [5.41, 5.74) is 0. The van der Waals surface area contributed by atoms with Crippen LogP contribution in [0.4, 0.5) is 0 Å². The maximum absolute atomic E-state index is 10.3. The zero-order chi connectivity index (χ0) is 16.5. The molecule has 0 heterocycles. The third-order valence-corrected chi connectivity index (χ3v) is 4.10. The van der Waals surface area contributed by atoms with Crippen molar-refractivity contribution in [3.8, 4) is 0 Å². The fraction of sp³-hybridized carbons (Fsp3) is 0.882. The maximum atomic E-state index is 10.3. The Morgan fingerprint density at radius 1 is 0.773 bits per heavy atom. The summed E-state index contributed by atoms with van der Waals surface area (Å²) < 4.78 is 32.9. The maximum Gasteiger partial charge on any atom is 0.445 e. The SMILES string of the molecule is CCCCCCCCCCCCCCCC=COS(=O)(=O)O. The molecule has 0 aliphatic heterocycles. The van der Waals surface area contributed by atoms with Gasteiger partial charge in [-0.15, -0.1) is 0 Å². The van der Waals surface area contributed by atoms with E-state index in [0.717, 1.165) is 25.5 Å². The molecule has 0 aliphatic carbocycles. The third kappa shape index (κ3) is 19.4. The molecule has 22 heavy (non-hydrogen) atoms. The smallest absolute Gasteiger partial charge is 0.370 e. The number of unbranched alkanes of at least 4 members (excludes halogenated alkanes) is 13. The van der Waals surface area contributed by atoms with Crippen molar-refractivity contribution in [1.82, 2.24) is 0 Å². The lowest BCUT2D eigenvalue weighted by atomic mass is 10.0. The average molecular weight is 335 g/mol. The minimum absolute atomic E-state index is 0.785. The molecule has 0 amide bonds. The Morgan fingerprint density at radius 3 is 1.59 bits per heavy atom. The van der Waals surface area contributed by atoms with Crippen LogP contribution in [-0.4, -0.2) is 13.0 Å². The van der Waals surface area contributed by atoms with Crippen LogP contribution >= 0.6 is 0 Å². The fourth-order valence-corrected chi connectivity index (χ4v) is 2.68. The van der Waals surface area contributed by atoms with Gasteiger partial charge in [0.1, 0.15) is 6.26 Å². The Kier molecular flexibility index (Phi) is 15.0. The van der Waals surface area contributed by atoms with E-state index in [0.29, 0.717) is 0 Å². The highest BCUT2D eigenvalue weighted by atomic mass is 32.3. The highest BCUT2D eigenvalue weighted by molar-refractivity contribution is 7.81. The summed E-state index contributed by atoms with van der Waals surface area (Å²) >= 11 is 0. The minimum atomic E-state index is -4.33. The van der Waals surface area contributed by atoms with Crippen LogP contribution in [0.25, 0.3) is 0 Å². The highest BCUT2D eigenvalue weighted by Crippen LogP contribution is 2.13. The summed E-state index contributed by atoms with van der Waals surface area (Å²) in [5.74, 6) is 0. The van der Waals surface area contributed by atoms with E-state index >= 15 is 0 Å². The lowest BCUT2D eigenvalue weighted by Gasteiger charge is -2.02. The molecule has 0 aliphatic rings. The summed E-state index contributed by atoms with van der Waals surface area (Å²) in [6.45, 7) is 2.25. The normalized spacial score (nSPS) is 12.1. The molecule has 4 nitrogen and oxygen atoms in total. The zero-order valence-electron chi connectivity index (χ0n) is 14.1. The van der Waals surface area contributed by atoms with Crippen LogP contribution in [0, 0.1) is 0 Å². The number of hydrogen-bond donors (Lipinski definition) is 1. The lowest BCUT2D eigenvalue weighted by molar-refractivity contribution is 0.355. The van der Waals surface area contributed by atoms with Gasteiger partial charge in [-0.05, 0) is 18.9 Å². The standard InChI is InChI=1S/C17H34O4S/c1-2-3-4-5-6-7-8-9-10-11-12-13-14-15-16-17-21-22(18,19)20/h16-17H,2-15H2,1H3,(H,18,19,20). The number of allylic oxidation sites excluding steroid dienone is 1. The van der Waals surface area contributed by atoms with Gasteiger partial charge >= 0.3 is 10.4 Å². The van der Waals surface area contributed by atoms with Crippen LogP contribution in [0.5, 0.6) is 0 Å². The van der Waals surface area contributed by atoms with Crippen molar-refractivity contribution < 1.29 is 17.2 Å². The van der Waals surface area contributed by atoms with E-state index in [1.165, 1.54) is 70.6 Å². The van der Waals surface area contributed by atoms with E-state index in [9.17, 15) is 8.42 Å². The molecule has 5 heteroatoms. The first kappa shape index (κ1) is 21.4. The summed E-state index contributed by atoms with van der Waals surface area (Å²) in [6, 6.07) is 0. The molecule has 0 unspecified atom stereocenters. The van der Waals surface area contributed by atoms with E-state index in [4.69, 9.17) is 4.55 Å². The van der Waals surface area contributed by atoms with Gasteiger partial charge < -0.3 is 4.18 Å². The predicted octanol–water partition coefficient (Wildman–Crippen LogP) is 5.80. The third-order valence-electron chi connectivity index (χ3n) is 3.75. The molecule has 0 saturated carbocycles. The van der Waals surface area contributed by atoms with E-state index in [2.05, 4.69) is 11.1 Å². The van der Waals surface area contributed by atoms with E-state index in [1.54, 1.807) is 6.08 Å². The van der Waals surface area contributed by atoms with Gasteiger partial charge in [0.2, 0.25) is 0 Å². The van der Waals surface area contributed by atoms with Crippen molar-refractivity contribution in [2.75, 3.05) is 0 Å². The Labute approximate surface area is 137 Å². The largest absolute Gasteiger partial charge is 0.445 e. The Hall–Kier alpha value is -0.550. The minimum Gasteiger partial charge on any atom is -0.370 e. The van der Waals surface area contributed by atoms with Crippen molar-refractivity contribution in [2.45, 2.75) is 96.8 Å². The van der Waals surface area contributed by atoms with E-state index in [1.807, 2.05) is 0 Å². The van der Waals surface area contributed by atoms with E-state index < -0.39 is 10.4 Å². The quantitative estimate of drug-likeness (QED) is 0.220. The van der Waals surface area contributed by atoms with Crippen molar-refractivity contribution in [2.24, 2.45) is 0 Å². The van der Waals surface area contributed by atoms with Crippen molar-refractivity contribution in [1.29, 1.82) is 0 Å². The molecule has 0 spiro atoms. The van der Waals surface area contributed by atoms with Gasteiger partial charge in [0, 0.05) is 0 Å². The number of hydrogen-bond acceptors (Lipinski definition) is 3. The molecule has 0 bridgehead atoms. The molecule has 0 atom stereocenters. The molecule has 132 valence electrons. The van der Waals surface area contributed by atoms with E-state index in [-0.39, 0.29) is 0 Å². The topological polar surface area (TPSA) is 63.6 Å². The van der Waals surface area contributed by atoms with Crippen LogP contribution in [-0.2, 0) is 14.6 Å². The molecule has 1 N–H and O–H groups in total. The van der Waals surface area contributed by atoms with Crippen LogP contribution in [0.15, 0.2) is 12.3 Å². The van der Waals surface area contributed by atoms with Gasteiger partial charge in [0.15, 0.2) is 0 Å². The fourth-order valence-electron chi connectivity index (χ4n) is 2.46. The molecular formula is C17H34O4S. The summed E-state index contributed by atoms with van der Waals surface area (Å²) in [5, 5.41) is 0. The summed E-state index contributed by atoms with van der Waals surface area (Å²) in [7, 11) is -4.33. The van der Waals surface area contributed by atoms with Gasteiger partial charge in [-0.2, -0.15) is 8.42 Å². The molecule has 0 rings (SSSR count). The first-order valence-corrected chi connectivity index (χ1v) is 10.2. The second-order valence-corrected chi connectivity index (χ2v) is 6.97. The molecular weight excluding hydrogens is 300 g/mol. The monoisotopic (exact) mass is 334 g/mol. The van der Waals surface area contributed by atoms with Crippen molar-refractivity contribution in [3.05, 3.63) is 12.3 Å². The Bertz CT molecular complexity index is 350. The second kappa shape index (κ2) is 15.3. The zero-order valence-corrected chi connectivity index (χ0v) is 15.0. The summed E-state index contributed by atoms with van der Waals surface area (Å²) in [4.78, 5) is 0. The lowest BCUT2D eigenvalue weighted by Crippen LogP contribution is -1.96. The van der Waals surface area contributed by atoms with Crippen molar-refractivity contribution in [3.63, 3.8) is 0 Å². The van der Waals surface area contributed by atoms with Crippen molar-refractivity contribution >= 4 is 10.4 Å².